The number of rotatable bonds is 9. The summed E-state index contributed by atoms with van der Waals surface area (Å²) in [5.41, 5.74) is -0.700. The van der Waals surface area contributed by atoms with Crippen LogP contribution in [-0.2, 0) is 10.9 Å². The second-order valence-electron chi connectivity index (χ2n) is 5.37. The summed E-state index contributed by atoms with van der Waals surface area (Å²) in [4.78, 5) is 9.83. The van der Waals surface area contributed by atoms with Crippen LogP contribution < -0.4 is 5.32 Å². The highest BCUT2D eigenvalue weighted by molar-refractivity contribution is 5.47. The third-order valence-electron chi connectivity index (χ3n) is 3.27. The van der Waals surface area contributed by atoms with Gasteiger partial charge in [0.05, 0.1) is 12.7 Å². The van der Waals surface area contributed by atoms with Gasteiger partial charge >= 0.3 is 6.18 Å². The zero-order valence-electron chi connectivity index (χ0n) is 14.4. The fourth-order valence-electron chi connectivity index (χ4n) is 2.19. The molecular formula is C17H19F3N2O5. The molecular weight excluding hydrogens is 369 g/mol. The number of aliphatic hydroxyl groups is 2. The minimum atomic E-state index is -4.53. The van der Waals surface area contributed by atoms with Crippen molar-refractivity contribution in [2.24, 2.45) is 0 Å². The van der Waals surface area contributed by atoms with E-state index < -0.39 is 35.2 Å². The van der Waals surface area contributed by atoms with Crippen LogP contribution in [0.15, 0.2) is 60.1 Å². The second-order valence-corrected chi connectivity index (χ2v) is 5.37. The second kappa shape index (κ2) is 9.62. The van der Waals surface area contributed by atoms with Crippen LogP contribution in [0, 0.1) is 10.1 Å². The highest BCUT2D eigenvalue weighted by atomic mass is 19.4. The molecule has 0 aliphatic rings. The minimum Gasteiger partial charge on any atom is -0.505 e. The number of benzene rings is 1. The van der Waals surface area contributed by atoms with Crippen molar-refractivity contribution in [2.75, 3.05) is 19.0 Å². The number of nitro groups is 1. The third-order valence-corrected chi connectivity index (χ3v) is 3.27. The number of nitrogens with zero attached hydrogens (tertiary/aromatic N) is 1. The fraction of sp³-hybridized carbons (Fsp3) is 0.294. The van der Waals surface area contributed by atoms with Gasteiger partial charge in [-0.3, -0.25) is 10.1 Å². The molecule has 1 aromatic carbocycles. The number of allylic oxidation sites excluding steroid dienone is 1. The molecule has 148 valence electrons. The van der Waals surface area contributed by atoms with Gasteiger partial charge < -0.3 is 20.3 Å². The lowest BCUT2D eigenvalue weighted by molar-refractivity contribution is -0.468. The van der Waals surface area contributed by atoms with Gasteiger partial charge in [-0.25, -0.2) is 0 Å². The number of nitrogens with one attached hydrogen (secondary N) is 1. The average molecular weight is 388 g/mol. The standard InChI is InChI=1S/C17H19F3N2O5/c1-11(23)16(27-2)12(5-4-8-22(25)26)9-15(24)21-14-7-3-6-13(10-14)17(18,19)20/h3-7,10,15,21,23-24H,1,8-9H2,2H3/b5-4-,16-12-/t15-/m0/s1. The third kappa shape index (κ3) is 7.40. The van der Waals surface area contributed by atoms with E-state index in [4.69, 9.17) is 4.74 Å². The molecule has 0 aromatic heterocycles. The van der Waals surface area contributed by atoms with Crippen LogP contribution >= 0.6 is 0 Å². The Kier molecular flexibility index (Phi) is 7.85. The van der Waals surface area contributed by atoms with E-state index in [0.29, 0.717) is 0 Å². The van der Waals surface area contributed by atoms with Crippen LogP contribution in [0.2, 0.25) is 0 Å². The highest BCUT2D eigenvalue weighted by Gasteiger charge is 2.30. The smallest absolute Gasteiger partial charge is 0.416 e. The van der Waals surface area contributed by atoms with Gasteiger partial charge in [0.25, 0.3) is 0 Å². The Morgan fingerprint density at radius 3 is 2.67 bits per heavy atom. The van der Waals surface area contributed by atoms with Crippen molar-refractivity contribution in [3.05, 3.63) is 75.8 Å². The summed E-state index contributed by atoms with van der Waals surface area (Å²) in [6.07, 6.45) is -3.69. The Bertz CT molecular complexity index is 744. The van der Waals surface area contributed by atoms with Gasteiger partial charge in [-0.1, -0.05) is 18.7 Å². The maximum absolute atomic E-state index is 12.7. The van der Waals surface area contributed by atoms with Gasteiger partial charge in [0, 0.05) is 22.6 Å². The van der Waals surface area contributed by atoms with Gasteiger partial charge in [-0.2, -0.15) is 13.2 Å². The molecule has 0 saturated carbocycles. The topological polar surface area (TPSA) is 105 Å². The van der Waals surface area contributed by atoms with Crippen LogP contribution in [0.4, 0.5) is 18.9 Å². The number of ether oxygens (including phenoxy) is 1. The summed E-state index contributed by atoms with van der Waals surface area (Å²) in [6.45, 7) is 2.79. The van der Waals surface area contributed by atoms with Gasteiger partial charge in [0.1, 0.15) is 6.23 Å². The van der Waals surface area contributed by atoms with Crippen molar-refractivity contribution < 1.29 is 33.0 Å². The lowest BCUT2D eigenvalue weighted by Gasteiger charge is -2.18. The lowest BCUT2D eigenvalue weighted by atomic mass is 10.1. The normalized spacial score (nSPS) is 13.8. The Hall–Kier alpha value is -3.01. The number of methoxy groups -OCH3 is 1. The van der Waals surface area contributed by atoms with Crippen molar-refractivity contribution in [3.63, 3.8) is 0 Å². The number of anilines is 1. The van der Waals surface area contributed by atoms with Crippen LogP contribution in [-0.4, -0.2) is 35.0 Å². The zero-order valence-corrected chi connectivity index (χ0v) is 14.4. The zero-order chi connectivity index (χ0) is 20.6. The van der Waals surface area contributed by atoms with Crippen LogP contribution in [0.5, 0.6) is 0 Å². The fourth-order valence-corrected chi connectivity index (χ4v) is 2.19. The SMILES string of the molecule is C=C(O)/C(OC)=C(\C=C/C[N+](=O)[O-])C[C@H](O)Nc1cccc(C(F)(F)F)c1. The molecule has 1 rings (SSSR count). The number of aliphatic hydroxyl groups excluding tert-OH is 2. The maximum atomic E-state index is 12.7. The van der Waals surface area contributed by atoms with Crippen molar-refractivity contribution in [1.82, 2.24) is 0 Å². The molecule has 0 unspecified atom stereocenters. The van der Waals surface area contributed by atoms with Gasteiger partial charge in [-0.15, -0.1) is 0 Å². The van der Waals surface area contributed by atoms with E-state index in [1.165, 1.54) is 31.4 Å². The Morgan fingerprint density at radius 2 is 2.15 bits per heavy atom. The molecule has 27 heavy (non-hydrogen) atoms. The molecule has 0 bridgehead atoms. The summed E-state index contributed by atoms with van der Waals surface area (Å²) < 4.78 is 43.2. The molecule has 3 N–H and O–H groups in total. The average Bonchev–Trinajstić information content (AvgIpc) is 2.54. The molecule has 10 heteroatoms. The maximum Gasteiger partial charge on any atom is 0.416 e. The summed E-state index contributed by atoms with van der Waals surface area (Å²) >= 11 is 0. The number of hydrogen-bond acceptors (Lipinski definition) is 6. The number of alkyl halides is 3. The van der Waals surface area contributed by atoms with Crippen LogP contribution in [0.25, 0.3) is 0 Å². The van der Waals surface area contributed by atoms with Crippen LogP contribution in [0.1, 0.15) is 12.0 Å². The van der Waals surface area contributed by atoms with Crippen LogP contribution in [0.3, 0.4) is 0 Å². The van der Waals surface area contributed by atoms with Crippen molar-refractivity contribution in [3.8, 4) is 0 Å². The largest absolute Gasteiger partial charge is 0.505 e. The van der Waals surface area contributed by atoms with Crippen molar-refractivity contribution in [1.29, 1.82) is 0 Å². The predicted octanol–water partition coefficient (Wildman–Crippen LogP) is 3.63. The summed E-state index contributed by atoms with van der Waals surface area (Å²) in [7, 11) is 1.23. The molecule has 0 amide bonds. The molecule has 0 spiro atoms. The Morgan fingerprint density at radius 1 is 1.48 bits per heavy atom. The molecule has 1 atom stereocenters. The molecule has 0 aliphatic heterocycles. The molecule has 0 saturated heterocycles. The van der Waals surface area contributed by atoms with Crippen molar-refractivity contribution >= 4 is 5.69 Å². The molecule has 1 aromatic rings. The molecule has 0 heterocycles. The van der Waals surface area contributed by atoms with E-state index in [1.54, 1.807) is 0 Å². The van der Waals surface area contributed by atoms with E-state index in [1.807, 2.05) is 0 Å². The first kappa shape index (κ1) is 22.0. The van der Waals surface area contributed by atoms with Crippen molar-refractivity contribution in [2.45, 2.75) is 18.8 Å². The number of halogens is 3. The van der Waals surface area contributed by atoms with E-state index in [0.717, 1.165) is 12.1 Å². The first-order valence-corrected chi connectivity index (χ1v) is 7.60. The lowest BCUT2D eigenvalue weighted by Crippen LogP contribution is -2.20. The molecule has 0 radical (unpaired) electrons. The van der Waals surface area contributed by atoms with E-state index in [9.17, 15) is 33.5 Å². The minimum absolute atomic E-state index is 0.0211. The summed E-state index contributed by atoms with van der Waals surface area (Å²) in [5.74, 6) is -0.580. The van der Waals surface area contributed by atoms with Gasteiger partial charge in [0.15, 0.2) is 11.5 Å². The predicted molar refractivity (Wildman–Crippen MR) is 92.5 cm³/mol. The highest BCUT2D eigenvalue weighted by Crippen LogP contribution is 2.31. The summed E-state index contributed by atoms with van der Waals surface area (Å²) in [5, 5.41) is 32.6. The van der Waals surface area contributed by atoms with Gasteiger partial charge in [-0.05, 0) is 24.3 Å². The number of hydrogen-bond donors (Lipinski definition) is 3. The first-order chi connectivity index (χ1) is 12.5. The monoisotopic (exact) mass is 388 g/mol. The molecule has 0 aliphatic carbocycles. The quantitative estimate of drug-likeness (QED) is 0.196. The van der Waals surface area contributed by atoms with E-state index in [-0.39, 0.29) is 23.4 Å². The summed E-state index contributed by atoms with van der Waals surface area (Å²) in [6, 6.07) is 4.24. The van der Waals surface area contributed by atoms with E-state index >= 15 is 0 Å². The molecule has 7 nitrogen and oxygen atoms in total. The molecule has 0 fully saturated rings. The van der Waals surface area contributed by atoms with E-state index in [2.05, 4.69) is 11.9 Å². The Labute approximate surface area is 153 Å². The first-order valence-electron chi connectivity index (χ1n) is 7.60. The van der Waals surface area contributed by atoms with Gasteiger partial charge in [0.2, 0.25) is 6.54 Å². The Balaban J connectivity index is 3.00.